The molecular formula is C34H43FN2O7S. The summed E-state index contributed by atoms with van der Waals surface area (Å²) in [6.07, 6.45) is 11.5. The van der Waals surface area contributed by atoms with E-state index in [-0.39, 0.29) is 28.1 Å². The van der Waals surface area contributed by atoms with Gasteiger partial charge in [0.05, 0.1) is 10.5 Å². The Kier molecular flexibility index (Phi) is 13.3. The Labute approximate surface area is 265 Å². The Bertz CT molecular complexity index is 1500. The predicted molar refractivity (Wildman–Crippen MR) is 171 cm³/mol. The number of hydrogen-bond acceptors (Lipinski definition) is 7. The second kappa shape index (κ2) is 16.9. The van der Waals surface area contributed by atoms with Gasteiger partial charge in [-0.05, 0) is 100 Å². The molecule has 3 rings (SSSR count). The van der Waals surface area contributed by atoms with Crippen molar-refractivity contribution in [3.8, 4) is 11.5 Å². The molecule has 0 unspecified atom stereocenters. The zero-order valence-electron chi connectivity index (χ0n) is 26.2. The van der Waals surface area contributed by atoms with Gasteiger partial charge in [-0.3, -0.25) is 9.52 Å². The molecule has 1 heterocycles. The first-order chi connectivity index (χ1) is 21.3. The van der Waals surface area contributed by atoms with Gasteiger partial charge < -0.3 is 14.6 Å². The Morgan fingerprint density at radius 2 is 1.44 bits per heavy atom. The Hall–Kier alpha value is -3.99. The normalized spacial score (nSPS) is 11.6. The number of aryl methyl sites for hydroxylation is 1. The number of halogens is 1. The molecule has 0 radical (unpaired) electrons. The van der Waals surface area contributed by atoms with Crippen LogP contribution in [0, 0.1) is 5.82 Å². The Morgan fingerprint density at radius 3 is 2.02 bits per heavy atom. The van der Waals surface area contributed by atoms with E-state index in [1.807, 2.05) is 20.8 Å². The fraction of sp³-hybridized carbons (Fsp3) is 0.441. The Balaban J connectivity index is 1.37. The number of nitrogens with zero attached hydrogens (tertiary/aromatic N) is 1. The summed E-state index contributed by atoms with van der Waals surface area (Å²) in [6, 6.07) is 12.8. The molecule has 244 valence electrons. The second-order valence-electron chi connectivity index (χ2n) is 11.9. The molecule has 2 N–H and O–H groups in total. The molecule has 0 saturated heterocycles. The van der Waals surface area contributed by atoms with Crippen molar-refractivity contribution in [3.05, 3.63) is 77.7 Å². The third kappa shape index (κ3) is 12.9. The number of benzene rings is 2. The van der Waals surface area contributed by atoms with Gasteiger partial charge in [-0.1, -0.05) is 44.9 Å². The summed E-state index contributed by atoms with van der Waals surface area (Å²) in [6.45, 7) is 5.63. The van der Waals surface area contributed by atoms with Crippen LogP contribution in [0.3, 0.4) is 0 Å². The van der Waals surface area contributed by atoms with Gasteiger partial charge in [0.15, 0.2) is 0 Å². The highest BCUT2D eigenvalue weighted by Gasteiger charge is 2.17. The van der Waals surface area contributed by atoms with Gasteiger partial charge in [0.2, 0.25) is 0 Å². The Morgan fingerprint density at radius 1 is 0.844 bits per heavy atom. The number of carbonyl (C=O) groups excluding carboxylic acids is 1. The maximum atomic E-state index is 14.4. The molecule has 0 amide bonds. The van der Waals surface area contributed by atoms with Crippen molar-refractivity contribution in [3.63, 3.8) is 0 Å². The first-order valence-electron chi connectivity index (χ1n) is 15.3. The number of sulfonamides is 1. The third-order valence-corrected chi connectivity index (χ3v) is 8.25. The van der Waals surface area contributed by atoms with E-state index in [0.29, 0.717) is 29.9 Å². The van der Waals surface area contributed by atoms with E-state index in [4.69, 9.17) is 14.6 Å². The molecule has 0 spiro atoms. The van der Waals surface area contributed by atoms with Crippen molar-refractivity contribution in [2.45, 2.75) is 102 Å². The maximum Gasteiger partial charge on any atom is 0.337 e. The van der Waals surface area contributed by atoms with Crippen LogP contribution in [0.5, 0.6) is 11.5 Å². The molecule has 3 aromatic rings. The number of esters is 1. The van der Waals surface area contributed by atoms with Crippen molar-refractivity contribution in [1.82, 2.24) is 4.98 Å². The van der Waals surface area contributed by atoms with Crippen LogP contribution in [0.25, 0.3) is 0 Å². The highest BCUT2D eigenvalue weighted by atomic mass is 32.2. The summed E-state index contributed by atoms with van der Waals surface area (Å²) < 4.78 is 53.3. The fourth-order valence-corrected chi connectivity index (χ4v) is 5.63. The molecule has 45 heavy (non-hydrogen) atoms. The standard InChI is InChI=1S/C34H43FN2O7S/c1-34(2,3)44-32(38)14-12-10-8-6-4-5-7-9-11-13-25-23-28(18-21-30(25)35)43-27-16-19-29(20-17-27)45(41,42)37-31-22-15-26(24-36-31)33(39)40/h15-24H,4-14H2,1-3H3,(H,36,37)(H,39,40). The molecule has 2 aromatic carbocycles. The molecule has 1 aromatic heterocycles. The highest BCUT2D eigenvalue weighted by molar-refractivity contribution is 7.92. The molecule has 0 aliphatic heterocycles. The maximum absolute atomic E-state index is 14.4. The zero-order valence-corrected chi connectivity index (χ0v) is 27.0. The van der Waals surface area contributed by atoms with Gasteiger partial charge in [0.1, 0.15) is 28.7 Å². The summed E-state index contributed by atoms with van der Waals surface area (Å²) in [5, 5.41) is 8.96. The van der Waals surface area contributed by atoms with Gasteiger partial charge in [-0.2, -0.15) is 0 Å². The predicted octanol–water partition coefficient (Wildman–Crippen LogP) is 8.30. The van der Waals surface area contributed by atoms with E-state index in [9.17, 15) is 22.4 Å². The van der Waals surface area contributed by atoms with Crippen molar-refractivity contribution >= 4 is 27.8 Å². The number of aromatic carboxylic acids is 1. The monoisotopic (exact) mass is 642 g/mol. The van der Waals surface area contributed by atoms with Gasteiger partial charge in [0, 0.05) is 12.6 Å². The lowest BCUT2D eigenvalue weighted by Crippen LogP contribution is -2.23. The van der Waals surface area contributed by atoms with E-state index in [2.05, 4.69) is 9.71 Å². The minimum absolute atomic E-state index is 0.0112. The van der Waals surface area contributed by atoms with E-state index < -0.39 is 21.6 Å². The van der Waals surface area contributed by atoms with Crippen LogP contribution in [-0.2, 0) is 26.0 Å². The first-order valence-corrected chi connectivity index (χ1v) is 16.8. The van der Waals surface area contributed by atoms with Gasteiger partial charge in [-0.25, -0.2) is 22.6 Å². The largest absolute Gasteiger partial charge is 0.478 e. The van der Waals surface area contributed by atoms with Crippen molar-refractivity contribution in [1.29, 1.82) is 0 Å². The van der Waals surface area contributed by atoms with E-state index >= 15 is 0 Å². The number of aromatic nitrogens is 1. The molecule has 0 aliphatic carbocycles. The van der Waals surface area contributed by atoms with E-state index in [1.54, 1.807) is 6.07 Å². The smallest absolute Gasteiger partial charge is 0.337 e. The summed E-state index contributed by atoms with van der Waals surface area (Å²) in [5.74, 6) is -0.746. The number of hydrogen-bond donors (Lipinski definition) is 2. The number of rotatable bonds is 18. The number of nitrogens with one attached hydrogen (secondary N) is 1. The van der Waals surface area contributed by atoms with E-state index in [1.165, 1.54) is 48.5 Å². The SMILES string of the molecule is CC(C)(C)OC(=O)CCCCCCCCCCCc1cc(Oc2ccc(S(=O)(=O)Nc3ccc(C(=O)O)cn3)cc2)ccc1F. The lowest BCUT2D eigenvalue weighted by Gasteiger charge is -2.19. The summed E-state index contributed by atoms with van der Waals surface area (Å²) in [5.41, 5.74) is 0.0852. The minimum atomic E-state index is -3.96. The van der Waals surface area contributed by atoms with Crippen LogP contribution in [-0.4, -0.2) is 36.0 Å². The van der Waals surface area contributed by atoms with Crippen molar-refractivity contribution in [2.75, 3.05) is 4.72 Å². The summed E-state index contributed by atoms with van der Waals surface area (Å²) in [7, 11) is -3.96. The van der Waals surface area contributed by atoms with E-state index in [0.717, 1.165) is 64.0 Å². The number of pyridine rings is 1. The first kappa shape index (κ1) is 35.5. The lowest BCUT2D eigenvalue weighted by molar-refractivity contribution is -0.154. The molecular weight excluding hydrogens is 599 g/mol. The second-order valence-corrected chi connectivity index (χ2v) is 13.6. The number of carboxylic acid groups (broad SMARTS) is 1. The minimum Gasteiger partial charge on any atom is -0.478 e. The number of anilines is 1. The molecule has 0 saturated carbocycles. The molecule has 0 bridgehead atoms. The summed E-state index contributed by atoms with van der Waals surface area (Å²) >= 11 is 0. The number of carboxylic acids is 1. The number of unbranched alkanes of at least 4 members (excludes halogenated alkanes) is 8. The fourth-order valence-electron chi connectivity index (χ4n) is 4.62. The average molecular weight is 643 g/mol. The van der Waals surface area contributed by atoms with Crippen LogP contribution in [0.4, 0.5) is 10.2 Å². The quantitative estimate of drug-likeness (QED) is 0.105. The number of ether oxygens (including phenoxy) is 2. The topological polar surface area (TPSA) is 132 Å². The zero-order chi connectivity index (χ0) is 32.9. The molecule has 11 heteroatoms. The molecule has 0 fully saturated rings. The average Bonchev–Trinajstić information content (AvgIpc) is 2.97. The summed E-state index contributed by atoms with van der Waals surface area (Å²) in [4.78, 5) is 26.5. The lowest BCUT2D eigenvalue weighted by atomic mass is 10.0. The van der Waals surface area contributed by atoms with Gasteiger partial charge >= 0.3 is 11.9 Å². The van der Waals surface area contributed by atoms with Crippen LogP contribution in [0.2, 0.25) is 0 Å². The van der Waals surface area contributed by atoms with Crippen molar-refractivity contribution in [2.24, 2.45) is 0 Å². The van der Waals surface area contributed by atoms with Gasteiger partial charge in [0.25, 0.3) is 10.0 Å². The van der Waals surface area contributed by atoms with Crippen LogP contribution >= 0.6 is 0 Å². The molecule has 0 atom stereocenters. The van der Waals surface area contributed by atoms with Crippen LogP contribution in [0.15, 0.2) is 65.7 Å². The molecule has 0 aliphatic rings. The number of carbonyl (C=O) groups is 2. The molecule has 9 nitrogen and oxygen atoms in total. The van der Waals surface area contributed by atoms with Crippen molar-refractivity contribution < 1.29 is 37.0 Å². The van der Waals surface area contributed by atoms with Gasteiger partial charge in [-0.15, -0.1) is 0 Å². The van der Waals surface area contributed by atoms with Crippen LogP contribution in [0.1, 0.15) is 101 Å². The van der Waals surface area contributed by atoms with Crippen LogP contribution < -0.4 is 9.46 Å². The highest BCUT2D eigenvalue weighted by Crippen LogP contribution is 2.26. The third-order valence-electron chi connectivity index (χ3n) is 6.88.